The number of anilines is 1. The van der Waals surface area contributed by atoms with Gasteiger partial charge in [0.25, 0.3) is 6.29 Å². The third-order valence-electron chi connectivity index (χ3n) is 10.3. The molecule has 7 rings (SSSR count). The molecule has 0 bridgehead atoms. The minimum absolute atomic E-state index is 0.0528. The van der Waals surface area contributed by atoms with Gasteiger partial charge in [0.1, 0.15) is 11.8 Å². The predicted octanol–water partition coefficient (Wildman–Crippen LogP) is 7.95. The Morgan fingerprint density at radius 3 is 2.35 bits per heavy atom. The molecule has 0 spiro atoms. The van der Waals surface area contributed by atoms with Gasteiger partial charge in [0, 0.05) is 30.3 Å². The lowest BCUT2D eigenvalue weighted by Crippen LogP contribution is -2.53. The van der Waals surface area contributed by atoms with Crippen LogP contribution in [0, 0.1) is 5.41 Å². The van der Waals surface area contributed by atoms with Crippen molar-refractivity contribution in [2.24, 2.45) is 5.41 Å². The summed E-state index contributed by atoms with van der Waals surface area (Å²) < 4.78 is 20.9. The number of aromatic nitrogens is 4. The Morgan fingerprint density at radius 2 is 1.71 bits per heavy atom. The van der Waals surface area contributed by atoms with E-state index in [4.69, 9.17) is 40.8 Å². The van der Waals surface area contributed by atoms with Crippen molar-refractivity contribution in [1.29, 1.82) is 0 Å². The molecule has 2 aliphatic rings. The van der Waals surface area contributed by atoms with Gasteiger partial charge in [0.2, 0.25) is 11.8 Å². The van der Waals surface area contributed by atoms with E-state index in [0.717, 1.165) is 24.8 Å². The van der Waals surface area contributed by atoms with Crippen molar-refractivity contribution in [3.05, 3.63) is 125 Å². The fourth-order valence-corrected chi connectivity index (χ4v) is 7.54. The summed E-state index contributed by atoms with van der Waals surface area (Å²) in [5, 5.41) is 7.14. The van der Waals surface area contributed by atoms with E-state index in [9.17, 15) is 4.79 Å². The molecule has 11 heteroatoms. The number of hydrogen-bond donors (Lipinski definition) is 2. The van der Waals surface area contributed by atoms with Crippen LogP contribution < -0.4 is 15.4 Å². The monoisotopic (exact) mass is 706 g/mol. The molecule has 2 unspecified atom stereocenters. The first-order valence-corrected chi connectivity index (χ1v) is 17.9. The normalized spacial score (nSPS) is 19.4. The maximum atomic E-state index is 12.2. The molecule has 2 atom stereocenters. The number of amides is 1. The van der Waals surface area contributed by atoms with Crippen molar-refractivity contribution in [1.82, 2.24) is 24.8 Å². The van der Waals surface area contributed by atoms with E-state index in [0.29, 0.717) is 53.9 Å². The van der Waals surface area contributed by atoms with Gasteiger partial charge in [-0.15, -0.1) is 0 Å². The molecule has 3 aromatic carbocycles. The van der Waals surface area contributed by atoms with Crippen LogP contribution in [0.2, 0.25) is 5.02 Å². The van der Waals surface area contributed by atoms with Crippen LogP contribution >= 0.6 is 11.6 Å². The number of imidazole rings is 1. The Balaban J connectivity index is 1.26. The van der Waals surface area contributed by atoms with E-state index in [1.165, 1.54) is 17.4 Å². The Hall–Kier alpha value is -5.09. The number of fused-ring (bicyclic) bond motifs is 1. The number of nitrogens with zero attached hydrogens (tertiary/aromatic N) is 4. The summed E-state index contributed by atoms with van der Waals surface area (Å²) in [6.45, 7) is 7.16. The van der Waals surface area contributed by atoms with Crippen molar-refractivity contribution in [2.45, 2.75) is 70.6 Å². The largest absolute Gasteiger partial charge is 0.463 e. The molecule has 0 radical (unpaired) electrons. The van der Waals surface area contributed by atoms with E-state index in [1.807, 2.05) is 42.7 Å². The second-order valence-electron chi connectivity index (χ2n) is 13.8. The van der Waals surface area contributed by atoms with Crippen LogP contribution in [0.25, 0.3) is 11.2 Å². The minimum Gasteiger partial charge on any atom is -0.463 e. The van der Waals surface area contributed by atoms with Gasteiger partial charge in [-0.1, -0.05) is 112 Å². The SMILES string of the molecule is CCC(=O)NC1=COC(C2(n3cnc4c(NCC(c5ccccc5)c5ccccc5)nc(OCCc5ccc(Cl)cc5)nc43)CCCC2(C)C)O1. The highest BCUT2D eigenvalue weighted by molar-refractivity contribution is 6.30. The third kappa shape index (κ3) is 6.97. The molecule has 3 heterocycles. The number of hydrogen-bond acceptors (Lipinski definition) is 8. The maximum absolute atomic E-state index is 12.2. The Bertz CT molecular complexity index is 1960. The fourth-order valence-electron chi connectivity index (χ4n) is 7.41. The van der Waals surface area contributed by atoms with Crippen LogP contribution in [0.5, 0.6) is 6.01 Å². The number of carbonyl (C=O) groups excluding carboxylic acids is 1. The van der Waals surface area contributed by atoms with Crippen LogP contribution in [0.3, 0.4) is 0 Å². The highest BCUT2D eigenvalue weighted by Crippen LogP contribution is 2.56. The van der Waals surface area contributed by atoms with Crippen molar-refractivity contribution in [2.75, 3.05) is 18.5 Å². The van der Waals surface area contributed by atoms with Crippen LogP contribution in [-0.4, -0.2) is 44.9 Å². The molecule has 5 aromatic rings. The van der Waals surface area contributed by atoms with Gasteiger partial charge in [-0.2, -0.15) is 9.97 Å². The van der Waals surface area contributed by atoms with E-state index < -0.39 is 11.8 Å². The van der Waals surface area contributed by atoms with Gasteiger partial charge < -0.3 is 24.1 Å². The summed E-state index contributed by atoms with van der Waals surface area (Å²) in [4.78, 5) is 27.0. The van der Waals surface area contributed by atoms with Crippen molar-refractivity contribution in [3.8, 4) is 6.01 Å². The van der Waals surface area contributed by atoms with E-state index in [2.05, 4.69) is 77.6 Å². The van der Waals surface area contributed by atoms with Crippen molar-refractivity contribution < 1.29 is 19.0 Å². The van der Waals surface area contributed by atoms with Crippen LogP contribution in [0.1, 0.15) is 69.1 Å². The molecular formula is C40H43ClN6O4. The standard InChI is InChI=1S/C40H43ClN6O4/c1-4-32(48)44-33-25-50-37(51-33)40(22-11-21-39(40,2)3)47-26-43-34-35(42-24-31(28-12-7-5-8-13-28)29-14-9-6-10-15-29)45-38(46-36(34)47)49-23-20-27-16-18-30(41)19-17-27/h5-10,12-19,25-26,31,37H,4,11,20-24H2,1-3H3,(H,44,48)(H,42,45,46). The number of halogens is 1. The summed E-state index contributed by atoms with van der Waals surface area (Å²) in [6, 6.07) is 28.9. The fraction of sp³-hybridized carbons (Fsp3) is 0.350. The molecule has 1 amide bonds. The highest BCUT2D eigenvalue weighted by Gasteiger charge is 2.59. The van der Waals surface area contributed by atoms with E-state index in [-0.39, 0.29) is 23.3 Å². The molecule has 51 heavy (non-hydrogen) atoms. The summed E-state index contributed by atoms with van der Waals surface area (Å²) in [7, 11) is 0. The molecule has 1 aliphatic carbocycles. The quantitative estimate of drug-likeness (QED) is 0.127. The Kier molecular flexibility index (Phi) is 9.86. The zero-order chi connectivity index (χ0) is 35.4. The molecular weight excluding hydrogens is 664 g/mol. The van der Waals surface area contributed by atoms with Crippen LogP contribution in [-0.2, 0) is 26.2 Å². The average molecular weight is 707 g/mol. The molecule has 2 N–H and O–H groups in total. The van der Waals surface area contributed by atoms with Crippen LogP contribution in [0.4, 0.5) is 5.82 Å². The number of ether oxygens (including phenoxy) is 3. The summed E-state index contributed by atoms with van der Waals surface area (Å²) >= 11 is 6.11. The number of benzene rings is 3. The topological polar surface area (TPSA) is 112 Å². The summed E-state index contributed by atoms with van der Waals surface area (Å²) in [5.74, 6) is 0.781. The number of nitrogens with one attached hydrogen (secondary N) is 2. The molecule has 1 saturated carbocycles. The summed E-state index contributed by atoms with van der Waals surface area (Å²) in [6.07, 6.45) is 6.21. The predicted molar refractivity (Wildman–Crippen MR) is 197 cm³/mol. The van der Waals surface area contributed by atoms with Gasteiger partial charge in [0.05, 0.1) is 12.9 Å². The first-order valence-electron chi connectivity index (χ1n) is 17.6. The van der Waals surface area contributed by atoms with E-state index >= 15 is 0 Å². The van der Waals surface area contributed by atoms with Gasteiger partial charge in [-0.05, 0) is 47.1 Å². The number of carbonyl (C=O) groups is 1. The second kappa shape index (κ2) is 14.6. The second-order valence-corrected chi connectivity index (χ2v) is 14.2. The lowest BCUT2D eigenvalue weighted by atomic mass is 9.74. The first-order chi connectivity index (χ1) is 24.8. The van der Waals surface area contributed by atoms with Gasteiger partial charge in [0.15, 0.2) is 17.0 Å². The smallest absolute Gasteiger partial charge is 0.320 e. The van der Waals surface area contributed by atoms with Gasteiger partial charge in [-0.3, -0.25) is 10.1 Å². The molecule has 10 nitrogen and oxygen atoms in total. The van der Waals surface area contributed by atoms with Crippen LogP contribution in [0.15, 0.2) is 103 Å². The van der Waals surface area contributed by atoms with E-state index in [1.54, 1.807) is 6.92 Å². The molecule has 264 valence electrons. The first kappa shape index (κ1) is 34.4. The van der Waals surface area contributed by atoms with Crippen molar-refractivity contribution >= 4 is 34.5 Å². The molecule has 0 saturated heterocycles. The van der Waals surface area contributed by atoms with Crippen molar-refractivity contribution in [3.63, 3.8) is 0 Å². The highest BCUT2D eigenvalue weighted by atomic mass is 35.5. The Labute approximate surface area is 303 Å². The van der Waals surface area contributed by atoms with Gasteiger partial charge >= 0.3 is 6.01 Å². The lowest BCUT2D eigenvalue weighted by molar-refractivity contribution is -0.152. The third-order valence-corrected chi connectivity index (χ3v) is 10.5. The molecule has 1 fully saturated rings. The maximum Gasteiger partial charge on any atom is 0.320 e. The number of rotatable bonds is 13. The average Bonchev–Trinajstić information content (AvgIpc) is 3.87. The summed E-state index contributed by atoms with van der Waals surface area (Å²) in [5.41, 5.74) is 3.70. The lowest BCUT2D eigenvalue weighted by Gasteiger charge is -2.44. The zero-order valence-corrected chi connectivity index (χ0v) is 29.9. The van der Waals surface area contributed by atoms with Gasteiger partial charge in [-0.25, -0.2) is 4.98 Å². The molecule has 2 aromatic heterocycles. The minimum atomic E-state index is -0.722. The molecule has 1 aliphatic heterocycles. The zero-order valence-electron chi connectivity index (χ0n) is 29.1. The Morgan fingerprint density at radius 1 is 1.00 bits per heavy atom.